The highest BCUT2D eigenvalue weighted by Crippen LogP contribution is 2.09. The first-order chi connectivity index (χ1) is 6.13. The number of aromatic nitrogens is 1. The first kappa shape index (κ1) is 9.47. The molecule has 0 fully saturated rings. The van der Waals surface area contributed by atoms with Crippen LogP contribution in [0, 0.1) is 0 Å². The van der Waals surface area contributed by atoms with Crippen molar-refractivity contribution in [2.45, 2.75) is 13.0 Å². The molecular weight excluding hydrogens is 172 g/mol. The van der Waals surface area contributed by atoms with Crippen LogP contribution in [0.5, 0.6) is 0 Å². The minimum atomic E-state index is -1.10. The van der Waals surface area contributed by atoms with Crippen molar-refractivity contribution in [3.05, 3.63) is 24.4 Å². The number of hydrogen-bond acceptors (Lipinski definition) is 4. The summed E-state index contributed by atoms with van der Waals surface area (Å²) in [5.74, 6) is -0.884. The molecule has 0 unspecified atom stereocenters. The SMILES string of the molecule is C[C@H](C(=O)O)N(O)c1ccccn1. The Morgan fingerprint density at radius 2 is 2.31 bits per heavy atom. The lowest BCUT2D eigenvalue weighted by Gasteiger charge is -2.19. The van der Waals surface area contributed by atoms with Gasteiger partial charge in [0.05, 0.1) is 0 Å². The zero-order valence-electron chi connectivity index (χ0n) is 7.08. The fourth-order valence-corrected chi connectivity index (χ4v) is 0.792. The minimum Gasteiger partial charge on any atom is -0.480 e. The maximum Gasteiger partial charge on any atom is 0.328 e. The molecule has 1 atom stereocenters. The van der Waals surface area contributed by atoms with Crippen LogP contribution in [0.2, 0.25) is 0 Å². The largest absolute Gasteiger partial charge is 0.480 e. The van der Waals surface area contributed by atoms with Crippen molar-refractivity contribution in [2.24, 2.45) is 0 Å². The van der Waals surface area contributed by atoms with Crippen molar-refractivity contribution in [3.8, 4) is 0 Å². The summed E-state index contributed by atoms with van der Waals surface area (Å²) >= 11 is 0. The van der Waals surface area contributed by atoms with Crippen molar-refractivity contribution in [2.75, 3.05) is 5.06 Å². The van der Waals surface area contributed by atoms with Gasteiger partial charge in [0.2, 0.25) is 0 Å². The quantitative estimate of drug-likeness (QED) is 0.675. The van der Waals surface area contributed by atoms with Gasteiger partial charge >= 0.3 is 5.97 Å². The smallest absolute Gasteiger partial charge is 0.328 e. The predicted molar refractivity (Wildman–Crippen MR) is 45.6 cm³/mol. The van der Waals surface area contributed by atoms with E-state index >= 15 is 0 Å². The molecule has 1 aromatic rings. The first-order valence-electron chi connectivity index (χ1n) is 3.75. The predicted octanol–water partition coefficient (Wildman–Crippen LogP) is 0.750. The first-order valence-corrected chi connectivity index (χ1v) is 3.75. The van der Waals surface area contributed by atoms with E-state index in [9.17, 15) is 10.0 Å². The molecule has 2 N–H and O–H groups in total. The van der Waals surface area contributed by atoms with Crippen LogP contribution in [0.15, 0.2) is 24.4 Å². The van der Waals surface area contributed by atoms with Gasteiger partial charge < -0.3 is 5.11 Å². The molecule has 5 nitrogen and oxygen atoms in total. The zero-order valence-corrected chi connectivity index (χ0v) is 7.08. The molecule has 70 valence electrons. The Hall–Kier alpha value is -1.62. The lowest BCUT2D eigenvalue weighted by molar-refractivity contribution is -0.139. The topological polar surface area (TPSA) is 73.7 Å². The lowest BCUT2D eigenvalue weighted by Crippen LogP contribution is -2.36. The molecule has 0 amide bonds. The van der Waals surface area contributed by atoms with Gasteiger partial charge in [0.1, 0.15) is 0 Å². The van der Waals surface area contributed by atoms with Crippen LogP contribution in [-0.2, 0) is 4.79 Å². The summed E-state index contributed by atoms with van der Waals surface area (Å²) in [6.45, 7) is 1.37. The highest BCUT2D eigenvalue weighted by molar-refractivity contribution is 5.76. The molecule has 0 saturated carbocycles. The number of aliphatic carboxylic acids is 1. The van der Waals surface area contributed by atoms with Gasteiger partial charge in [-0.1, -0.05) is 6.07 Å². The molecule has 0 spiro atoms. The summed E-state index contributed by atoms with van der Waals surface area (Å²) in [4.78, 5) is 14.3. The molecule has 1 aromatic heterocycles. The Kier molecular flexibility index (Phi) is 2.81. The van der Waals surface area contributed by atoms with Gasteiger partial charge in [0.25, 0.3) is 0 Å². The van der Waals surface area contributed by atoms with Crippen molar-refractivity contribution in [3.63, 3.8) is 0 Å². The highest BCUT2D eigenvalue weighted by atomic mass is 16.5. The second-order valence-corrected chi connectivity index (χ2v) is 2.55. The molecule has 0 aromatic carbocycles. The summed E-state index contributed by atoms with van der Waals surface area (Å²) in [5.41, 5.74) is 0. The Labute approximate surface area is 75.2 Å². The van der Waals surface area contributed by atoms with E-state index in [1.807, 2.05) is 0 Å². The standard InChI is InChI=1S/C8H10N2O3/c1-6(8(11)12)10(13)7-4-2-3-5-9-7/h2-6,13H,1H3,(H,11,12)/t6-/m1/s1. The lowest BCUT2D eigenvalue weighted by atomic mass is 10.3. The Balaban J connectivity index is 2.79. The molecule has 0 radical (unpaired) electrons. The maximum atomic E-state index is 10.5. The number of carboxylic acids is 1. The van der Waals surface area contributed by atoms with E-state index < -0.39 is 12.0 Å². The van der Waals surface area contributed by atoms with Gasteiger partial charge in [0, 0.05) is 6.20 Å². The second-order valence-electron chi connectivity index (χ2n) is 2.55. The summed E-state index contributed by atoms with van der Waals surface area (Å²) in [6, 6.07) is 3.87. The number of anilines is 1. The molecule has 0 aliphatic rings. The van der Waals surface area contributed by atoms with Gasteiger partial charge in [-0.2, -0.15) is 0 Å². The summed E-state index contributed by atoms with van der Waals surface area (Å²) in [5, 5.41) is 18.5. The number of hydrogen-bond donors (Lipinski definition) is 2. The van der Waals surface area contributed by atoms with E-state index in [-0.39, 0.29) is 5.82 Å². The number of carbonyl (C=O) groups is 1. The van der Waals surface area contributed by atoms with Crippen molar-refractivity contribution >= 4 is 11.8 Å². The summed E-state index contributed by atoms with van der Waals surface area (Å²) in [6.07, 6.45) is 1.48. The third-order valence-electron chi connectivity index (χ3n) is 1.61. The average Bonchev–Trinajstić information content (AvgIpc) is 2.17. The number of rotatable bonds is 3. The molecule has 13 heavy (non-hydrogen) atoms. The third kappa shape index (κ3) is 2.16. The molecule has 5 heteroatoms. The average molecular weight is 182 g/mol. The zero-order chi connectivity index (χ0) is 9.84. The molecule has 1 rings (SSSR count). The van der Waals surface area contributed by atoms with Crippen molar-refractivity contribution in [1.29, 1.82) is 0 Å². The van der Waals surface area contributed by atoms with Crippen molar-refractivity contribution < 1.29 is 15.1 Å². The van der Waals surface area contributed by atoms with E-state index in [4.69, 9.17) is 5.11 Å². The van der Waals surface area contributed by atoms with E-state index in [0.717, 1.165) is 0 Å². The third-order valence-corrected chi connectivity index (χ3v) is 1.61. The Morgan fingerprint density at radius 1 is 1.62 bits per heavy atom. The monoisotopic (exact) mass is 182 g/mol. The highest BCUT2D eigenvalue weighted by Gasteiger charge is 2.19. The van der Waals surface area contributed by atoms with Gasteiger partial charge in [-0.15, -0.1) is 0 Å². The van der Waals surface area contributed by atoms with Crippen LogP contribution in [-0.4, -0.2) is 27.3 Å². The van der Waals surface area contributed by atoms with Gasteiger partial charge in [-0.25, -0.2) is 14.8 Å². The van der Waals surface area contributed by atoms with Gasteiger partial charge in [0.15, 0.2) is 11.9 Å². The van der Waals surface area contributed by atoms with Crippen LogP contribution in [0.3, 0.4) is 0 Å². The number of nitrogens with zero attached hydrogens (tertiary/aromatic N) is 2. The summed E-state index contributed by atoms with van der Waals surface area (Å²) in [7, 11) is 0. The fourth-order valence-electron chi connectivity index (χ4n) is 0.792. The van der Waals surface area contributed by atoms with Crippen molar-refractivity contribution in [1.82, 2.24) is 4.98 Å². The molecule has 1 heterocycles. The molecule has 0 saturated heterocycles. The number of carboxylic acid groups (broad SMARTS) is 1. The van der Waals surface area contributed by atoms with E-state index in [1.54, 1.807) is 12.1 Å². The van der Waals surface area contributed by atoms with Crippen LogP contribution in [0.25, 0.3) is 0 Å². The summed E-state index contributed by atoms with van der Waals surface area (Å²) < 4.78 is 0. The van der Waals surface area contributed by atoms with E-state index in [1.165, 1.54) is 19.2 Å². The van der Waals surface area contributed by atoms with Crippen LogP contribution < -0.4 is 5.06 Å². The Morgan fingerprint density at radius 3 is 2.77 bits per heavy atom. The van der Waals surface area contributed by atoms with E-state index in [2.05, 4.69) is 4.98 Å². The number of pyridine rings is 1. The van der Waals surface area contributed by atoms with Gasteiger partial charge in [-0.05, 0) is 19.1 Å². The van der Waals surface area contributed by atoms with Crippen LogP contribution in [0.4, 0.5) is 5.82 Å². The minimum absolute atomic E-state index is 0.220. The second kappa shape index (κ2) is 3.86. The molecule has 0 aliphatic heterocycles. The van der Waals surface area contributed by atoms with E-state index in [0.29, 0.717) is 5.06 Å². The Bertz CT molecular complexity index is 289. The van der Waals surface area contributed by atoms with Crippen LogP contribution >= 0.6 is 0 Å². The molecule has 0 aliphatic carbocycles. The van der Waals surface area contributed by atoms with Gasteiger partial charge in [-0.3, -0.25) is 5.21 Å². The number of hydroxylamine groups is 1. The fraction of sp³-hybridized carbons (Fsp3) is 0.250. The molecule has 0 bridgehead atoms. The van der Waals surface area contributed by atoms with Crippen LogP contribution in [0.1, 0.15) is 6.92 Å². The maximum absolute atomic E-state index is 10.5. The normalized spacial score (nSPS) is 12.2. The molecular formula is C8H10N2O3.